The zero-order valence-electron chi connectivity index (χ0n) is 21.1. The number of carbonyl (C=O) groups excluding carboxylic acids is 1. The maximum absolute atomic E-state index is 12.7. The van der Waals surface area contributed by atoms with E-state index in [9.17, 15) is 14.4 Å². The van der Waals surface area contributed by atoms with Crippen LogP contribution in [0.25, 0.3) is 11.2 Å². The van der Waals surface area contributed by atoms with E-state index in [-0.39, 0.29) is 18.2 Å². The maximum Gasteiger partial charge on any atom is 0.330 e. The van der Waals surface area contributed by atoms with Crippen molar-refractivity contribution in [2.45, 2.75) is 79.4 Å². The molecule has 0 aliphatic carbocycles. The molecule has 2 N–H and O–H groups in total. The first kappa shape index (κ1) is 26.2. The van der Waals surface area contributed by atoms with Crippen LogP contribution in [0.3, 0.4) is 0 Å². The SMILES string of the molecule is CCCCn1c(=O)[nH]c(=O)c2c1nc(CCC(=O)NCc1cccnc1OCCC)n2CC(C)C. The van der Waals surface area contributed by atoms with E-state index in [1.54, 1.807) is 6.20 Å². The predicted octanol–water partition coefficient (Wildman–Crippen LogP) is 2.78. The fraction of sp³-hybridized carbons (Fsp3) is 0.560. The number of aryl methyl sites for hydroxylation is 2. The van der Waals surface area contributed by atoms with E-state index in [2.05, 4.69) is 34.1 Å². The number of nitrogens with one attached hydrogen (secondary N) is 2. The molecule has 0 fully saturated rings. The summed E-state index contributed by atoms with van der Waals surface area (Å²) < 4.78 is 9.04. The highest BCUT2D eigenvalue weighted by Crippen LogP contribution is 2.17. The number of H-pyrrole nitrogens is 1. The van der Waals surface area contributed by atoms with Crippen molar-refractivity contribution in [3.63, 3.8) is 0 Å². The van der Waals surface area contributed by atoms with Crippen LogP contribution in [0, 0.1) is 5.92 Å². The quantitative estimate of drug-likeness (QED) is 0.384. The first-order chi connectivity index (χ1) is 16.8. The summed E-state index contributed by atoms with van der Waals surface area (Å²) in [6.45, 7) is 10.1. The molecule has 0 aliphatic rings. The molecule has 0 saturated heterocycles. The lowest BCUT2D eigenvalue weighted by atomic mass is 10.2. The van der Waals surface area contributed by atoms with Gasteiger partial charge in [0.1, 0.15) is 5.82 Å². The average Bonchev–Trinajstić information content (AvgIpc) is 3.18. The van der Waals surface area contributed by atoms with E-state index in [4.69, 9.17) is 4.74 Å². The van der Waals surface area contributed by atoms with Crippen LogP contribution < -0.4 is 21.3 Å². The Balaban J connectivity index is 1.79. The first-order valence-electron chi connectivity index (χ1n) is 12.4. The third-order valence-corrected chi connectivity index (χ3v) is 5.59. The molecule has 190 valence electrons. The van der Waals surface area contributed by atoms with E-state index in [1.807, 2.05) is 30.5 Å². The lowest BCUT2D eigenvalue weighted by Crippen LogP contribution is -2.31. The van der Waals surface area contributed by atoms with Crippen LogP contribution in [0.1, 0.15) is 64.8 Å². The highest BCUT2D eigenvalue weighted by molar-refractivity contribution is 5.76. The number of unbranched alkanes of at least 4 members (excludes halogenated alkanes) is 1. The second-order valence-electron chi connectivity index (χ2n) is 9.06. The Labute approximate surface area is 204 Å². The molecule has 3 aromatic heterocycles. The normalized spacial score (nSPS) is 11.3. The van der Waals surface area contributed by atoms with Gasteiger partial charge in [-0.15, -0.1) is 0 Å². The van der Waals surface area contributed by atoms with E-state index in [0.717, 1.165) is 24.8 Å². The number of hydrogen-bond donors (Lipinski definition) is 2. The minimum absolute atomic E-state index is 0.143. The number of nitrogens with zero attached hydrogens (tertiary/aromatic N) is 4. The molecule has 0 spiro atoms. The summed E-state index contributed by atoms with van der Waals surface area (Å²) in [7, 11) is 0. The number of aromatic amines is 1. The van der Waals surface area contributed by atoms with Gasteiger partial charge in [-0.05, 0) is 24.8 Å². The molecule has 3 rings (SSSR count). The molecule has 10 heteroatoms. The Bertz CT molecular complexity index is 1260. The second-order valence-corrected chi connectivity index (χ2v) is 9.06. The maximum atomic E-state index is 12.7. The number of carbonyl (C=O) groups is 1. The smallest absolute Gasteiger partial charge is 0.330 e. The second kappa shape index (κ2) is 12.3. The lowest BCUT2D eigenvalue weighted by Gasteiger charge is -2.12. The van der Waals surface area contributed by atoms with Gasteiger partial charge in [0.05, 0.1) is 6.61 Å². The van der Waals surface area contributed by atoms with Gasteiger partial charge in [-0.1, -0.05) is 40.2 Å². The van der Waals surface area contributed by atoms with Crippen LogP contribution >= 0.6 is 0 Å². The third-order valence-electron chi connectivity index (χ3n) is 5.59. The Hall–Kier alpha value is -3.43. The highest BCUT2D eigenvalue weighted by Gasteiger charge is 2.20. The number of imidazole rings is 1. The summed E-state index contributed by atoms with van der Waals surface area (Å²) >= 11 is 0. The van der Waals surface area contributed by atoms with Crippen LogP contribution in [-0.4, -0.2) is 36.6 Å². The fourth-order valence-electron chi connectivity index (χ4n) is 3.89. The van der Waals surface area contributed by atoms with Crippen molar-refractivity contribution in [1.29, 1.82) is 0 Å². The molecule has 0 saturated carbocycles. The molecule has 10 nitrogen and oxygen atoms in total. The molecule has 1 amide bonds. The van der Waals surface area contributed by atoms with Crippen LogP contribution in [-0.2, 0) is 30.8 Å². The minimum Gasteiger partial charge on any atom is -0.477 e. The molecule has 0 atom stereocenters. The number of hydrogen-bond acceptors (Lipinski definition) is 6. The molecule has 35 heavy (non-hydrogen) atoms. The number of amides is 1. The molecular weight excluding hydrogens is 448 g/mol. The van der Waals surface area contributed by atoms with Crippen molar-refractivity contribution in [3.8, 4) is 5.88 Å². The standard InChI is InChI=1S/C25H36N6O4/c1-5-7-13-30-22-21(23(33)29-25(30)34)31(16-17(3)4)19(28-22)10-11-20(32)27-15-18-9-8-12-26-24(18)35-14-6-2/h8-9,12,17H,5-7,10-11,13-16H2,1-4H3,(H,27,32)(H,29,33,34). The summed E-state index contributed by atoms with van der Waals surface area (Å²) in [5, 5.41) is 2.92. The van der Waals surface area contributed by atoms with Crippen molar-refractivity contribution in [2.24, 2.45) is 5.92 Å². The summed E-state index contributed by atoms with van der Waals surface area (Å²) in [5.74, 6) is 1.26. The Morgan fingerprint density at radius 2 is 2.00 bits per heavy atom. The largest absolute Gasteiger partial charge is 0.477 e. The van der Waals surface area contributed by atoms with Crippen LogP contribution in [0.2, 0.25) is 0 Å². The third kappa shape index (κ3) is 6.58. The van der Waals surface area contributed by atoms with Gasteiger partial charge in [0, 0.05) is 44.2 Å². The summed E-state index contributed by atoms with van der Waals surface area (Å²) in [4.78, 5) is 49.2. The average molecular weight is 485 g/mol. The summed E-state index contributed by atoms with van der Waals surface area (Å²) in [5.41, 5.74) is 0.687. The van der Waals surface area contributed by atoms with Gasteiger partial charge in [0.2, 0.25) is 11.8 Å². The Morgan fingerprint density at radius 1 is 1.20 bits per heavy atom. The first-order valence-corrected chi connectivity index (χ1v) is 12.4. The summed E-state index contributed by atoms with van der Waals surface area (Å²) in [6.07, 6.45) is 4.79. The molecule has 3 aromatic rings. The number of rotatable bonds is 13. The van der Waals surface area contributed by atoms with Gasteiger partial charge in [-0.25, -0.2) is 14.8 Å². The zero-order valence-corrected chi connectivity index (χ0v) is 21.1. The lowest BCUT2D eigenvalue weighted by molar-refractivity contribution is -0.121. The van der Waals surface area contributed by atoms with Crippen molar-refractivity contribution < 1.29 is 9.53 Å². The van der Waals surface area contributed by atoms with Crippen molar-refractivity contribution in [1.82, 2.24) is 29.4 Å². The number of ether oxygens (including phenoxy) is 1. The van der Waals surface area contributed by atoms with E-state index >= 15 is 0 Å². The molecule has 0 aromatic carbocycles. The Kier molecular flexibility index (Phi) is 9.22. The number of aromatic nitrogens is 5. The predicted molar refractivity (Wildman–Crippen MR) is 135 cm³/mol. The number of fused-ring (bicyclic) bond motifs is 1. The molecular formula is C25H36N6O4. The van der Waals surface area contributed by atoms with E-state index in [0.29, 0.717) is 55.5 Å². The van der Waals surface area contributed by atoms with E-state index < -0.39 is 11.2 Å². The topological polar surface area (TPSA) is 124 Å². The Morgan fingerprint density at radius 3 is 2.71 bits per heavy atom. The van der Waals surface area contributed by atoms with Gasteiger partial charge in [-0.2, -0.15) is 0 Å². The van der Waals surface area contributed by atoms with Crippen molar-refractivity contribution in [2.75, 3.05) is 6.61 Å². The molecule has 0 bridgehead atoms. The molecule has 0 aliphatic heterocycles. The minimum atomic E-state index is -0.452. The summed E-state index contributed by atoms with van der Waals surface area (Å²) in [6, 6.07) is 3.69. The molecule has 3 heterocycles. The molecule has 0 radical (unpaired) electrons. The monoisotopic (exact) mass is 484 g/mol. The zero-order chi connectivity index (χ0) is 25.4. The fourth-order valence-corrected chi connectivity index (χ4v) is 3.89. The van der Waals surface area contributed by atoms with Crippen LogP contribution in [0.5, 0.6) is 5.88 Å². The van der Waals surface area contributed by atoms with Gasteiger partial charge < -0.3 is 14.6 Å². The number of pyridine rings is 1. The van der Waals surface area contributed by atoms with E-state index in [1.165, 1.54) is 4.57 Å². The van der Waals surface area contributed by atoms with Crippen LogP contribution in [0.15, 0.2) is 27.9 Å². The van der Waals surface area contributed by atoms with Gasteiger partial charge >= 0.3 is 5.69 Å². The highest BCUT2D eigenvalue weighted by atomic mass is 16.5. The van der Waals surface area contributed by atoms with Crippen LogP contribution in [0.4, 0.5) is 0 Å². The van der Waals surface area contributed by atoms with Crippen molar-refractivity contribution >= 4 is 17.1 Å². The van der Waals surface area contributed by atoms with Gasteiger partial charge in [0.15, 0.2) is 11.2 Å². The van der Waals surface area contributed by atoms with Gasteiger partial charge in [-0.3, -0.25) is 19.1 Å². The van der Waals surface area contributed by atoms with Gasteiger partial charge in [0.25, 0.3) is 5.56 Å². The van der Waals surface area contributed by atoms with Crippen molar-refractivity contribution in [3.05, 3.63) is 50.6 Å². The molecule has 0 unspecified atom stereocenters.